The molecule has 0 radical (unpaired) electrons. The number of hydrogen-bond donors (Lipinski definition) is 0. The van der Waals surface area contributed by atoms with Crippen molar-refractivity contribution >= 4 is 11.6 Å². The summed E-state index contributed by atoms with van der Waals surface area (Å²) in [7, 11) is 0. The maximum Gasteiger partial charge on any atom is 0.129 e. The summed E-state index contributed by atoms with van der Waals surface area (Å²) < 4.78 is 25.9. The van der Waals surface area contributed by atoms with Gasteiger partial charge in [0.1, 0.15) is 11.6 Å². The highest BCUT2D eigenvalue weighted by Crippen LogP contribution is 2.37. The fourth-order valence-electron chi connectivity index (χ4n) is 1.71. The van der Waals surface area contributed by atoms with E-state index in [1.54, 1.807) is 0 Å². The molecule has 0 N–H and O–H groups in total. The van der Waals surface area contributed by atoms with Crippen molar-refractivity contribution in [2.75, 3.05) is 0 Å². The number of hydrogen-bond acceptors (Lipinski definition) is 0. The lowest BCUT2D eigenvalue weighted by molar-refractivity contribution is 0.564. The maximum absolute atomic E-state index is 13.2. The van der Waals surface area contributed by atoms with Crippen LogP contribution in [0.15, 0.2) is 18.2 Å². The van der Waals surface area contributed by atoms with Crippen molar-refractivity contribution in [1.82, 2.24) is 0 Å². The summed E-state index contributed by atoms with van der Waals surface area (Å²) in [6, 6.07) is 3.72. The van der Waals surface area contributed by atoms with E-state index in [4.69, 9.17) is 11.6 Å². The zero-order valence-corrected chi connectivity index (χ0v) is 9.11. The lowest BCUT2D eigenvalue weighted by Crippen LogP contribution is -2.04. The summed E-state index contributed by atoms with van der Waals surface area (Å²) >= 11 is 6.12. The Morgan fingerprint density at radius 1 is 1.33 bits per heavy atom. The molecule has 1 aliphatic carbocycles. The van der Waals surface area contributed by atoms with Crippen LogP contribution in [-0.2, 0) is 6.42 Å². The van der Waals surface area contributed by atoms with Gasteiger partial charge < -0.3 is 0 Å². The zero-order chi connectivity index (χ0) is 10.8. The Morgan fingerprint density at radius 3 is 2.67 bits per heavy atom. The Hall–Kier alpha value is -0.630. The molecule has 0 amide bonds. The van der Waals surface area contributed by atoms with E-state index in [-0.39, 0.29) is 5.38 Å². The first-order valence-corrected chi connectivity index (χ1v) is 5.68. The molecule has 1 aliphatic rings. The predicted octanol–water partition coefficient (Wildman–Crippen LogP) is 3.91. The van der Waals surface area contributed by atoms with Gasteiger partial charge >= 0.3 is 0 Å². The second-order valence-electron chi connectivity index (χ2n) is 4.13. The SMILES string of the molecule is Fc1ccc(CCC(Cl)C2CC2)c(F)c1. The zero-order valence-electron chi connectivity index (χ0n) is 8.35. The van der Waals surface area contributed by atoms with E-state index in [1.807, 2.05) is 0 Å². The van der Waals surface area contributed by atoms with Gasteiger partial charge in [-0.15, -0.1) is 11.6 Å². The molecule has 0 spiro atoms. The summed E-state index contributed by atoms with van der Waals surface area (Å²) in [5.41, 5.74) is 0.558. The van der Waals surface area contributed by atoms with E-state index in [1.165, 1.54) is 25.0 Å². The monoisotopic (exact) mass is 230 g/mol. The fraction of sp³-hybridized carbons (Fsp3) is 0.500. The largest absolute Gasteiger partial charge is 0.207 e. The molecule has 0 heterocycles. The van der Waals surface area contributed by atoms with Crippen molar-refractivity contribution in [3.8, 4) is 0 Å². The van der Waals surface area contributed by atoms with Crippen LogP contribution in [-0.4, -0.2) is 5.38 Å². The molecule has 1 unspecified atom stereocenters. The minimum Gasteiger partial charge on any atom is -0.207 e. The first kappa shape index (κ1) is 10.9. The molecule has 0 saturated heterocycles. The van der Waals surface area contributed by atoms with Crippen molar-refractivity contribution in [1.29, 1.82) is 0 Å². The summed E-state index contributed by atoms with van der Waals surface area (Å²) in [6.07, 6.45) is 3.76. The van der Waals surface area contributed by atoms with Crippen molar-refractivity contribution in [2.24, 2.45) is 5.92 Å². The third kappa shape index (κ3) is 2.91. The topological polar surface area (TPSA) is 0 Å². The number of halogens is 3. The molecule has 0 aliphatic heterocycles. The molecule has 82 valence electrons. The quantitative estimate of drug-likeness (QED) is 0.688. The Labute approximate surface area is 93.2 Å². The molecule has 1 aromatic rings. The van der Waals surface area contributed by atoms with Crippen molar-refractivity contribution in [2.45, 2.75) is 31.1 Å². The molecule has 2 rings (SSSR count). The van der Waals surface area contributed by atoms with Gasteiger partial charge in [-0.05, 0) is 43.2 Å². The Balaban J connectivity index is 1.92. The Kier molecular flexibility index (Phi) is 3.25. The van der Waals surface area contributed by atoms with Crippen LogP contribution < -0.4 is 0 Å². The van der Waals surface area contributed by atoms with Gasteiger partial charge in [0.05, 0.1) is 0 Å². The second-order valence-corrected chi connectivity index (χ2v) is 4.69. The van der Waals surface area contributed by atoms with Crippen LogP contribution in [0.2, 0.25) is 0 Å². The highest BCUT2D eigenvalue weighted by molar-refractivity contribution is 6.20. The molecule has 3 heteroatoms. The third-order valence-electron chi connectivity index (χ3n) is 2.84. The fourth-order valence-corrected chi connectivity index (χ4v) is 2.07. The van der Waals surface area contributed by atoms with Gasteiger partial charge in [-0.25, -0.2) is 8.78 Å². The van der Waals surface area contributed by atoms with Crippen LogP contribution in [0, 0.1) is 17.6 Å². The Morgan fingerprint density at radius 2 is 2.07 bits per heavy atom. The first-order valence-electron chi connectivity index (χ1n) is 5.25. The lowest BCUT2D eigenvalue weighted by atomic mass is 10.1. The Bertz CT molecular complexity index is 347. The second kappa shape index (κ2) is 4.48. The lowest BCUT2D eigenvalue weighted by Gasteiger charge is -2.08. The first-order chi connectivity index (χ1) is 7.16. The smallest absolute Gasteiger partial charge is 0.129 e. The standard InChI is InChI=1S/C12H13ClF2/c13-11(8-1-2-8)6-4-9-3-5-10(14)7-12(9)15/h3,5,7-8,11H,1-2,4,6H2. The van der Waals surface area contributed by atoms with Gasteiger partial charge in [-0.2, -0.15) is 0 Å². The molecule has 15 heavy (non-hydrogen) atoms. The average Bonchev–Trinajstić information content (AvgIpc) is 2.99. The molecule has 1 atom stereocenters. The van der Waals surface area contributed by atoms with Gasteiger partial charge in [0, 0.05) is 11.4 Å². The molecular formula is C12H13ClF2. The number of rotatable bonds is 4. The van der Waals surface area contributed by atoms with E-state index in [2.05, 4.69) is 0 Å². The van der Waals surface area contributed by atoms with Crippen molar-refractivity contribution in [3.05, 3.63) is 35.4 Å². The summed E-state index contributed by atoms with van der Waals surface area (Å²) in [4.78, 5) is 0. The summed E-state index contributed by atoms with van der Waals surface area (Å²) in [5, 5.41) is 0.148. The van der Waals surface area contributed by atoms with Crippen LogP contribution in [0.5, 0.6) is 0 Å². The summed E-state index contributed by atoms with van der Waals surface area (Å²) in [5.74, 6) is -0.370. The summed E-state index contributed by atoms with van der Waals surface area (Å²) in [6.45, 7) is 0. The van der Waals surface area contributed by atoms with Crippen LogP contribution in [0.4, 0.5) is 8.78 Å². The van der Waals surface area contributed by atoms with Crippen molar-refractivity contribution < 1.29 is 8.78 Å². The normalized spacial score (nSPS) is 17.8. The van der Waals surface area contributed by atoms with Crippen LogP contribution in [0.1, 0.15) is 24.8 Å². The number of benzene rings is 1. The average molecular weight is 231 g/mol. The molecular weight excluding hydrogens is 218 g/mol. The number of aryl methyl sites for hydroxylation is 1. The van der Waals surface area contributed by atoms with Gasteiger partial charge in [-0.1, -0.05) is 6.07 Å². The number of alkyl halides is 1. The van der Waals surface area contributed by atoms with Crippen LogP contribution >= 0.6 is 11.6 Å². The van der Waals surface area contributed by atoms with E-state index < -0.39 is 11.6 Å². The molecule has 0 aromatic heterocycles. The van der Waals surface area contributed by atoms with Crippen LogP contribution in [0.3, 0.4) is 0 Å². The van der Waals surface area contributed by atoms with Gasteiger partial charge in [0.15, 0.2) is 0 Å². The van der Waals surface area contributed by atoms with E-state index in [9.17, 15) is 8.78 Å². The molecule has 1 fully saturated rings. The predicted molar refractivity (Wildman–Crippen MR) is 57.0 cm³/mol. The van der Waals surface area contributed by atoms with E-state index in [0.717, 1.165) is 12.5 Å². The minimum atomic E-state index is -0.527. The van der Waals surface area contributed by atoms with Gasteiger partial charge in [0.2, 0.25) is 0 Å². The third-order valence-corrected chi connectivity index (χ3v) is 3.41. The van der Waals surface area contributed by atoms with E-state index >= 15 is 0 Å². The minimum absolute atomic E-state index is 0.148. The maximum atomic E-state index is 13.2. The molecule has 0 bridgehead atoms. The van der Waals surface area contributed by atoms with E-state index in [0.29, 0.717) is 17.9 Å². The molecule has 1 saturated carbocycles. The molecule has 0 nitrogen and oxygen atoms in total. The van der Waals surface area contributed by atoms with Crippen molar-refractivity contribution in [3.63, 3.8) is 0 Å². The van der Waals surface area contributed by atoms with Gasteiger partial charge in [0.25, 0.3) is 0 Å². The highest BCUT2D eigenvalue weighted by Gasteiger charge is 2.29. The molecule has 1 aromatic carbocycles. The highest BCUT2D eigenvalue weighted by atomic mass is 35.5. The van der Waals surface area contributed by atoms with Gasteiger partial charge in [-0.3, -0.25) is 0 Å². The van der Waals surface area contributed by atoms with Crippen LogP contribution in [0.25, 0.3) is 0 Å².